The van der Waals surface area contributed by atoms with E-state index in [2.05, 4.69) is 15.7 Å². The van der Waals surface area contributed by atoms with Gasteiger partial charge in [-0.2, -0.15) is 5.10 Å². The third-order valence-corrected chi connectivity index (χ3v) is 4.88. The molecule has 168 valence electrons. The van der Waals surface area contributed by atoms with Crippen molar-refractivity contribution in [1.29, 1.82) is 0 Å². The van der Waals surface area contributed by atoms with E-state index in [9.17, 15) is 9.59 Å². The quantitative estimate of drug-likeness (QED) is 0.403. The van der Waals surface area contributed by atoms with Gasteiger partial charge in [-0.3, -0.25) is 14.3 Å². The summed E-state index contributed by atoms with van der Waals surface area (Å²) in [5.74, 6) is 0.763. The van der Waals surface area contributed by atoms with E-state index in [0.29, 0.717) is 29.4 Å². The van der Waals surface area contributed by atoms with Crippen LogP contribution in [-0.4, -0.2) is 21.6 Å². The van der Waals surface area contributed by atoms with Gasteiger partial charge < -0.3 is 19.8 Å². The number of anilines is 2. The fourth-order valence-electron chi connectivity index (χ4n) is 3.28. The SMILES string of the molecule is CCn1nccc1C(=O)Nc1cccc(NC(=O)c2ccc(COc3cccc(C)c3)o2)c1. The first kappa shape index (κ1) is 21.9. The molecular formula is C25H24N4O4. The van der Waals surface area contributed by atoms with Gasteiger partial charge in [0.2, 0.25) is 0 Å². The van der Waals surface area contributed by atoms with E-state index in [1.165, 1.54) is 0 Å². The predicted molar refractivity (Wildman–Crippen MR) is 124 cm³/mol. The third kappa shape index (κ3) is 5.48. The monoisotopic (exact) mass is 444 g/mol. The largest absolute Gasteiger partial charge is 0.486 e. The molecule has 2 aromatic heterocycles. The van der Waals surface area contributed by atoms with E-state index in [1.54, 1.807) is 53.3 Å². The van der Waals surface area contributed by atoms with Crippen LogP contribution in [0.1, 0.15) is 39.3 Å². The van der Waals surface area contributed by atoms with E-state index in [0.717, 1.165) is 11.3 Å². The summed E-state index contributed by atoms with van der Waals surface area (Å²) in [6, 6.07) is 19.6. The number of carbonyl (C=O) groups excluding carboxylic acids is 2. The maximum atomic E-state index is 12.6. The summed E-state index contributed by atoms with van der Waals surface area (Å²) < 4.78 is 12.9. The van der Waals surface area contributed by atoms with Crippen molar-refractivity contribution in [3.63, 3.8) is 0 Å². The topological polar surface area (TPSA) is 98.4 Å². The molecule has 0 aliphatic carbocycles. The Hall–Kier alpha value is -4.33. The Kier molecular flexibility index (Phi) is 6.54. The van der Waals surface area contributed by atoms with Crippen molar-refractivity contribution >= 4 is 23.2 Å². The van der Waals surface area contributed by atoms with Gasteiger partial charge in [-0.1, -0.05) is 18.2 Å². The number of aromatic nitrogens is 2. The van der Waals surface area contributed by atoms with Crippen LogP contribution in [0.5, 0.6) is 5.75 Å². The summed E-state index contributed by atoms with van der Waals surface area (Å²) in [7, 11) is 0. The number of aryl methyl sites for hydroxylation is 2. The molecule has 0 saturated heterocycles. The molecule has 0 aliphatic heterocycles. The molecule has 0 bridgehead atoms. The van der Waals surface area contributed by atoms with Gasteiger partial charge in [-0.05, 0) is 67.9 Å². The molecule has 0 unspecified atom stereocenters. The van der Waals surface area contributed by atoms with Crippen molar-refractivity contribution in [2.45, 2.75) is 27.0 Å². The predicted octanol–water partition coefficient (Wildman–Crippen LogP) is 4.89. The second kappa shape index (κ2) is 9.86. The maximum absolute atomic E-state index is 12.6. The number of amides is 2. The van der Waals surface area contributed by atoms with Crippen LogP contribution in [0.4, 0.5) is 11.4 Å². The molecular weight excluding hydrogens is 420 g/mol. The van der Waals surface area contributed by atoms with E-state index in [1.807, 2.05) is 38.1 Å². The Balaban J connectivity index is 1.36. The van der Waals surface area contributed by atoms with Gasteiger partial charge >= 0.3 is 0 Å². The molecule has 4 aromatic rings. The molecule has 8 nitrogen and oxygen atoms in total. The lowest BCUT2D eigenvalue weighted by atomic mass is 10.2. The van der Waals surface area contributed by atoms with Gasteiger partial charge in [0, 0.05) is 24.1 Å². The molecule has 0 spiro atoms. The van der Waals surface area contributed by atoms with Gasteiger partial charge in [0.25, 0.3) is 11.8 Å². The van der Waals surface area contributed by atoms with Crippen molar-refractivity contribution < 1.29 is 18.7 Å². The van der Waals surface area contributed by atoms with Crippen molar-refractivity contribution in [2.75, 3.05) is 10.6 Å². The Labute approximate surface area is 191 Å². The summed E-state index contributed by atoms with van der Waals surface area (Å²) in [4.78, 5) is 25.1. The van der Waals surface area contributed by atoms with Crippen LogP contribution >= 0.6 is 0 Å². The molecule has 0 atom stereocenters. The zero-order valence-electron chi connectivity index (χ0n) is 18.4. The van der Waals surface area contributed by atoms with E-state index in [4.69, 9.17) is 9.15 Å². The molecule has 2 heterocycles. The molecule has 4 rings (SSSR count). The highest BCUT2D eigenvalue weighted by atomic mass is 16.5. The second-order valence-corrected chi connectivity index (χ2v) is 7.39. The molecule has 2 N–H and O–H groups in total. The Morgan fingerprint density at radius 1 is 0.970 bits per heavy atom. The normalized spacial score (nSPS) is 10.6. The van der Waals surface area contributed by atoms with Gasteiger partial charge in [0.1, 0.15) is 23.8 Å². The highest BCUT2D eigenvalue weighted by molar-refractivity contribution is 6.05. The first-order valence-corrected chi connectivity index (χ1v) is 10.5. The maximum Gasteiger partial charge on any atom is 0.291 e. The molecule has 2 aromatic carbocycles. The molecule has 8 heteroatoms. The van der Waals surface area contributed by atoms with Crippen LogP contribution in [0.3, 0.4) is 0 Å². The standard InChI is InChI=1S/C25H24N4O4/c1-3-29-22(12-13-26-29)24(30)27-18-7-5-8-19(15-18)28-25(31)23-11-10-21(33-23)16-32-20-9-4-6-17(2)14-20/h4-15H,3,16H2,1-2H3,(H,27,30)(H,28,31). The molecule has 0 saturated carbocycles. The van der Waals surface area contributed by atoms with Crippen LogP contribution in [0.25, 0.3) is 0 Å². The van der Waals surface area contributed by atoms with Gasteiger partial charge in [-0.25, -0.2) is 0 Å². The Bertz CT molecular complexity index is 1270. The fraction of sp³-hybridized carbons (Fsp3) is 0.160. The number of hydrogen-bond donors (Lipinski definition) is 2. The van der Waals surface area contributed by atoms with Crippen molar-refractivity contribution in [2.24, 2.45) is 0 Å². The van der Waals surface area contributed by atoms with E-state index < -0.39 is 5.91 Å². The molecule has 0 radical (unpaired) electrons. The zero-order valence-corrected chi connectivity index (χ0v) is 18.4. The summed E-state index contributed by atoms with van der Waals surface area (Å²) in [5.41, 5.74) is 2.63. The lowest BCUT2D eigenvalue weighted by Crippen LogP contribution is -2.17. The van der Waals surface area contributed by atoms with Crippen LogP contribution in [0, 0.1) is 6.92 Å². The van der Waals surface area contributed by atoms with E-state index >= 15 is 0 Å². The number of ether oxygens (including phenoxy) is 1. The number of hydrogen-bond acceptors (Lipinski definition) is 5. The lowest BCUT2D eigenvalue weighted by molar-refractivity contribution is 0.0990. The molecule has 0 fully saturated rings. The summed E-state index contributed by atoms with van der Waals surface area (Å²) in [6.07, 6.45) is 1.58. The highest BCUT2D eigenvalue weighted by Gasteiger charge is 2.14. The minimum Gasteiger partial charge on any atom is -0.486 e. The van der Waals surface area contributed by atoms with Gasteiger partial charge in [0.05, 0.1) is 0 Å². The number of carbonyl (C=O) groups is 2. The smallest absolute Gasteiger partial charge is 0.291 e. The Morgan fingerprint density at radius 3 is 2.48 bits per heavy atom. The van der Waals surface area contributed by atoms with E-state index in [-0.39, 0.29) is 18.3 Å². The fourth-order valence-corrected chi connectivity index (χ4v) is 3.28. The first-order chi connectivity index (χ1) is 16.0. The third-order valence-electron chi connectivity index (χ3n) is 4.88. The minimum absolute atomic E-state index is 0.166. The summed E-state index contributed by atoms with van der Waals surface area (Å²) in [6.45, 7) is 4.71. The first-order valence-electron chi connectivity index (χ1n) is 10.5. The van der Waals surface area contributed by atoms with Crippen LogP contribution in [0.15, 0.2) is 77.3 Å². The van der Waals surface area contributed by atoms with Crippen molar-refractivity contribution in [3.8, 4) is 5.75 Å². The Morgan fingerprint density at radius 2 is 1.73 bits per heavy atom. The molecule has 2 amide bonds. The van der Waals surface area contributed by atoms with Gasteiger partial charge in [-0.15, -0.1) is 0 Å². The number of benzene rings is 2. The average molecular weight is 444 g/mol. The second-order valence-electron chi connectivity index (χ2n) is 7.39. The number of rotatable bonds is 8. The summed E-state index contributed by atoms with van der Waals surface area (Å²) >= 11 is 0. The summed E-state index contributed by atoms with van der Waals surface area (Å²) in [5, 5.41) is 9.71. The minimum atomic E-state index is -0.399. The van der Waals surface area contributed by atoms with Crippen molar-refractivity contribution in [1.82, 2.24) is 9.78 Å². The highest BCUT2D eigenvalue weighted by Crippen LogP contribution is 2.19. The number of furan rings is 1. The zero-order chi connectivity index (χ0) is 23.2. The van der Waals surface area contributed by atoms with Crippen LogP contribution in [-0.2, 0) is 13.2 Å². The van der Waals surface area contributed by atoms with Crippen LogP contribution < -0.4 is 15.4 Å². The molecule has 0 aliphatic rings. The average Bonchev–Trinajstić information content (AvgIpc) is 3.48. The number of nitrogens with zero attached hydrogens (tertiary/aromatic N) is 2. The van der Waals surface area contributed by atoms with Crippen LogP contribution in [0.2, 0.25) is 0 Å². The van der Waals surface area contributed by atoms with Gasteiger partial charge in [0.15, 0.2) is 5.76 Å². The lowest BCUT2D eigenvalue weighted by Gasteiger charge is -2.09. The molecule has 33 heavy (non-hydrogen) atoms. The number of nitrogens with one attached hydrogen (secondary N) is 2. The van der Waals surface area contributed by atoms with Crippen molar-refractivity contribution in [3.05, 3.63) is 95.7 Å².